The van der Waals surface area contributed by atoms with E-state index in [1.807, 2.05) is 12.1 Å². The molecule has 1 aromatic heterocycles. The summed E-state index contributed by atoms with van der Waals surface area (Å²) < 4.78 is 5.23. The van der Waals surface area contributed by atoms with Crippen molar-refractivity contribution in [2.24, 2.45) is 5.73 Å². The molecule has 5 nitrogen and oxygen atoms in total. The molecule has 2 aromatic rings. The molecule has 2 rings (SSSR count). The van der Waals surface area contributed by atoms with Crippen LogP contribution in [-0.4, -0.2) is 10.2 Å². The first-order valence-corrected chi connectivity index (χ1v) is 5.20. The number of nitrogens with zero attached hydrogens (tertiary/aromatic N) is 2. The summed E-state index contributed by atoms with van der Waals surface area (Å²) in [5, 5.41) is 10.6. The van der Waals surface area contributed by atoms with E-state index < -0.39 is 0 Å². The summed E-state index contributed by atoms with van der Waals surface area (Å²) in [5.74, 6) is 0.424. The van der Waals surface area contributed by atoms with Crippen LogP contribution >= 0.6 is 0 Å². The molecule has 0 amide bonds. The molecule has 1 heterocycles. The molecule has 0 saturated carbocycles. The van der Waals surface area contributed by atoms with Gasteiger partial charge in [-0.25, -0.2) is 0 Å². The van der Waals surface area contributed by atoms with E-state index in [9.17, 15) is 0 Å². The standard InChI is InChI=1S/C11H14N4O/c1-2-8-3-5-9(6-4-8)13-11-15-14-10(7-12)16-11/h3-6H,2,7,12H2,1H3,(H,13,15). The highest BCUT2D eigenvalue weighted by molar-refractivity contribution is 5.52. The molecule has 0 aliphatic heterocycles. The molecule has 0 unspecified atom stereocenters. The highest BCUT2D eigenvalue weighted by atomic mass is 16.4. The molecule has 1 aromatic carbocycles. The Hall–Kier alpha value is -1.88. The van der Waals surface area contributed by atoms with Gasteiger partial charge in [-0.2, -0.15) is 0 Å². The Bertz CT molecular complexity index is 449. The summed E-state index contributed by atoms with van der Waals surface area (Å²) in [4.78, 5) is 0. The zero-order valence-electron chi connectivity index (χ0n) is 9.10. The van der Waals surface area contributed by atoms with Gasteiger partial charge in [-0.05, 0) is 24.1 Å². The summed E-state index contributed by atoms with van der Waals surface area (Å²) >= 11 is 0. The second-order valence-electron chi connectivity index (χ2n) is 3.38. The van der Waals surface area contributed by atoms with Gasteiger partial charge in [-0.1, -0.05) is 24.2 Å². The lowest BCUT2D eigenvalue weighted by atomic mass is 10.1. The number of aryl methyl sites for hydroxylation is 1. The molecule has 84 valence electrons. The van der Waals surface area contributed by atoms with Gasteiger partial charge in [0, 0.05) is 5.69 Å². The zero-order chi connectivity index (χ0) is 11.4. The monoisotopic (exact) mass is 218 g/mol. The fraction of sp³-hybridized carbons (Fsp3) is 0.273. The summed E-state index contributed by atoms with van der Waals surface area (Å²) in [6.07, 6.45) is 1.03. The molecule has 5 heteroatoms. The Morgan fingerprint density at radius 3 is 2.56 bits per heavy atom. The minimum Gasteiger partial charge on any atom is -0.406 e. The van der Waals surface area contributed by atoms with Gasteiger partial charge < -0.3 is 15.5 Å². The summed E-state index contributed by atoms with van der Waals surface area (Å²) in [5.41, 5.74) is 7.58. The SMILES string of the molecule is CCc1ccc(Nc2nnc(CN)o2)cc1. The van der Waals surface area contributed by atoms with Crippen LogP contribution in [0.5, 0.6) is 0 Å². The first-order valence-electron chi connectivity index (χ1n) is 5.20. The number of benzene rings is 1. The second kappa shape index (κ2) is 4.76. The maximum atomic E-state index is 5.37. The molecular formula is C11H14N4O. The maximum Gasteiger partial charge on any atom is 0.320 e. The van der Waals surface area contributed by atoms with Crippen LogP contribution in [0.15, 0.2) is 28.7 Å². The average Bonchev–Trinajstić information content (AvgIpc) is 2.78. The van der Waals surface area contributed by atoms with Crippen LogP contribution in [0, 0.1) is 0 Å². The van der Waals surface area contributed by atoms with Crippen molar-refractivity contribution in [1.29, 1.82) is 0 Å². The molecule has 0 aliphatic carbocycles. The molecule has 0 spiro atoms. The Balaban J connectivity index is 2.08. The fourth-order valence-corrected chi connectivity index (χ4v) is 1.33. The molecule has 0 aliphatic rings. The van der Waals surface area contributed by atoms with Gasteiger partial charge in [0.25, 0.3) is 0 Å². The van der Waals surface area contributed by atoms with Crippen LogP contribution in [0.4, 0.5) is 11.7 Å². The summed E-state index contributed by atoms with van der Waals surface area (Å²) in [6, 6.07) is 8.44. The van der Waals surface area contributed by atoms with E-state index >= 15 is 0 Å². The van der Waals surface area contributed by atoms with Crippen LogP contribution in [-0.2, 0) is 13.0 Å². The van der Waals surface area contributed by atoms with Crippen LogP contribution in [0.3, 0.4) is 0 Å². The van der Waals surface area contributed by atoms with Gasteiger partial charge in [0.15, 0.2) is 0 Å². The number of hydrogen-bond acceptors (Lipinski definition) is 5. The molecule has 0 atom stereocenters. The van der Waals surface area contributed by atoms with Crippen molar-refractivity contribution < 1.29 is 4.42 Å². The van der Waals surface area contributed by atoms with Crippen molar-refractivity contribution in [2.45, 2.75) is 19.9 Å². The highest BCUT2D eigenvalue weighted by Gasteiger charge is 2.03. The van der Waals surface area contributed by atoms with E-state index in [0.29, 0.717) is 11.9 Å². The van der Waals surface area contributed by atoms with Crippen molar-refractivity contribution >= 4 is 11.7 Å². The highest BCUT2D eigenvalue weighted by Crippen LogP contribution is 2.15. The zero-order valence-corrected chi connectivity index (χ0v) is 9.10. The molecule has 3 N–H and O–H groups in total. The quantitative estimate of drug-likeness (QED) is 0.818. The Morgan fingerprint density at radius 2 is 2.00 bits per heavy atom. The average molecular weight is 218 g/mol. The predicted molar refractivity (Wildman–Crippen MR) is 61.3 cm³/mol. The Morgan fingerprint density at radius 1 is 1.25 bits per heavy atom. The van der Waals surface area contributed by atoms with E-state index in [2.05, 4.69) is 34.6 Å². The van der Waals surface area contributed by atoms with Crippen LogP contribution in [0.25, 0.3) is 0 Å². The van der Waals surface area contributed by atoms with Gasteiger partial charge in [-0.15, -0.1) is 5.10 Å². The third-order valence-corrected chi connectivity index (χ3v) is 2.25. The maximum absolute atomic E-state index is 5.37. The number of nitrogens with two attached hydrogens (primary N) is 1. The van der Waals surface area contributed by atoms with Crippen molar-refractivity contribution in [3.05, 3.63) is 35.7 Å². The second-order valence-corrected chi connectivity index (χ2v) is 3.38. The summed E-state index contributed by atoms with van der Waals surface area (Å²) in [6.45, 7) is 2.37. The largest absolute Gasteiger partial charge is 0.406 e. The number of aromatic nitrogens is 2. The van der Waals surface area contributed by atoms with E-state index in [0.717, 1.165) is 12.1 Å². The van der Waals surface area contributed by atoms with Crippen molar-refractivity contribution in [1.82, 2.24) is 10.2 Å². The number of hydrogen-bond donors (Lipinski definition) is 2. The minimum atomic E-state index is 0.253. The lowest BCUT2D eigenvalue weighted by Gasteiger charge is -2.01. The van der Waals surface area contributed by atoms with Crippen molar-refractivity contribution in [3.8, 4) is 0 Å². The van der Waals surface area contributed by atoms with Crippen LogP contribution < -0.4 is 11.1 Å². The first-order chi connectivity index (χ1) is 7.81. The third-order valence-electron chi connectivity index (χ3n) is 2.25. The van der Waals surface area contributed by atoms with E-state index in [1.54, 1.807) is 0 Å². The van der Waals surface area contributed by atoms with Gasteiger partial charge in [0.05, 0.1) is 6.54 Å². The van der Waals surface area contributed by atoms with E-state index in [1.165, 1.54) is 5.56 Å². The molecule has 16 heavy (non-hydrogen) atoms. The van der Waals surface area contributed by atoms with Crippen LogP contribution in [0.1, 0.15) is 18.4 Å². The lowest BCUT2D eigenvalue weighted by Crippen LogP contribution is -1.95. The normalized spacial score (nSPS) is 10.4. The number of anilines is 2. The predicted octanol–water partition coefficient (Wildman–Crippen LogP) is 1.83. The van der Waals surface area contributed by atoms with Gasteiger partial charge >= 0.3 is 6.01 Å². The molecule has 0 fully saturated rings. The van der Waals surface area contributed by atoms with Gasteiger partial charge in [0.2, 0.25) is 5.89 Å². The fourth-order valence-electron chi connectivity index (χ4n) is 1.33. The van der Waals surface area contributed by atoms with Crippen molar-refractivity contribution in [2.75, 3.05) is 5.32 Å². The summed E-state index contributed by atoms with van der Waals surface area (Å²) in [7, 11) is 0. The first kappa shape index (κ1) is 10.6. The van der Waals surface area contributed by atoms with Gasteiger partial charge in [0.1, 0.15) is 0 Å². The lowest BCUT2D eigenvalue weighted by molar-refractivity contribution is 0.511. The smallest absolute Gasteiger partial charge is 0.320 e. The molecule has 0 radical (unpaired) electrons. The minimum absolute atomic E-state index is 0.253. The molecule has 0 bridgehead atoms. The van der Waals surface area contributed by atoms with Crippen LogP contribution in [0.2, 0.25) is 0 Å². The molecule has 0 saturated heterocycles. The Kier molecular flexibility index (Phi) is 3.16. The Labute approximate surface area is 93.7 Å². The number of rotatable bonds is 4. The topological polar surface area (TPSA) is 77.0 Å². The van der Waals surface area contributed by atoms with E-state index in [4.69, 9.17) is 10.2 Å². The van der Waals surface area contributed by atoms with Gasteiger partial charge in [-0.3, -0.25) is 0 Å². The molecular weight excluding hydrogens is 204 g/mol. The van der Waals surface area contributed by atoms with E-state index in [-0.39, 0.29) is 6.54 Å². The number of nitrogens with one attached hydrogen (secondary N) is 1. The van der Waals surface area contributed by atoms with Crippen molar-refractivity contribution in [3.63, 3.8) is 0 Å². The third kappa shape index (κ3) is 2.38.